The van der Waals surface area contributed by atoms with Crippen LogP contribution in [0.4, 0.5) is 5.69 Å². The summed E-state index contributed by atoms with van der Waals surface area (Å²) in [5.74, 6) is -0.180. The van der Waals surface area contributed by atoms with Crippen LogP contribution in [0.15, 0.2) is 18.2 Å². The first-order chi connectivity index (χ1) is 11.7. The largest absolute Gasteiger partial charge is 0.338 e. The molecular formula is C17H25N3O4S. The number of hydrogen-bond acceptors (Lipinski definition) is 4. The fraction of sp³-hybridized carbons (Fsp3) is 0.529. The Morgan fingerprint density at radius 1 is 1.32 bits per heavy atom. The lowest BCUT2D eigenvalue weighted by atomic mass is 9.97. The molecule has 0 radical (unpaired) electrons. The average Bonchev–Trinajstić information content (AvgIpc) is 2.53. The molecule has 1 aliphatic heterocycles. The Morgan fingerprint density at radius 2 is 2.04 bits per heavy atom. The number of carbonyl (C=O) groups excluding carboxylic acids is 2. The molecule has 1 saturated heterocycles. The number of sulfonamides is 1. The summed E-state index contributed by atoms with van der Waals surface area (Å²) < 4.78 is 25.0. The van der Waals surface area contributed by atoms with Crippen molar-refractivity contribution < 1.29 is 18.0 Å². The molecule has 0 unspecified atom stereocenters. The SMILES string of the molecule is CC(=O)Nc1cc(C(=O)N2CCC[C@@H](CNS(C)(=O)=O)C2)ccc1C. The molecule has 1 aromatic rings. The smallest absolute Gasteiger partial charge is 0.253 e. The Balaban J connectivity index is 2.07. The van der Waals surface area contributed by atoms with E-state index in [1.807, 2.05) is 13.0 Å². The Morgan fingerprint density at radius 3 is 2.68 bits per heavy atom. The summed E-state index contributed by atoms with van der Waals surface area (Å²) in [6, 6.07) is 5.25. The summed E-state index contributed by atoms with van der Waals surface area (Å²) in [6.45, 7) is 4.81. The van der Waals surface area contributed by atoms with Gasteiger partial charge in [-0.2, -0.15) is 0 Å². The first kappa shape index (κ1) is 19.4. The lowest BCUT2D eigenvalue weighted by Crippen LogP contribution is -2.43. The van der Waals surface area contributed by atoms with Crippen LogP contribution in [0.25, 0.3) is 0 Å². The van der Waals surface area contributed by atoms with E-state index in [-0.39, 0.29) is 17.7 Å². The number of benzene rings is 1. The van der Waals surface area contributed by atoms with E-state index >= 15 is 0 Å². The first-order valence-corrected chi connectivity index (χ1v) is 10.2. The van der Waals surface area contributed by atoms with Crippen molar-refractivity contribution in [2.24, 2.45) is 5.92 Å². The number of nitrogens with one attached hydrogen (secondary N) is 2. The second-order valence-corrected chi connectivity index (χ2v) is 8.42. The molecule has 0 aliphatic carbocycles. The van der Waals surface area contributed by atoms with E-state index in [0.29, 0.717) is 30.9 Å². The van der Waals surface area contributed by atoms with Crippen molar-refractivity contribution in [2.75, 3.05) is 31.2 Å². The normalized spacial score (nSPS) is 18.0. The van der Waals surface area contributed by atoms with Gasteiger partial charge in [-0.05, 0) is 43.4 Å². The van der Waals surface area contributed by atoms with Crippen molar-refractivity contribution in [2.45, 2.75) is 26.7 Å². The Kier molecular flexibility index (Phi) is 6.18. The molecule has 2 rings (SSSR count). The number of amides is 2. The second-order valence-electron chi connectivity index (χ2n) is 6.59. The minimum Gasteiger partial charge on any atom is -0.338 e. The van der Waals surface area contributed by atoms with Crippen molar-refractivity contribution >= 4 is 27.5 Å². The molecule has 1 fully saturated rings. The zero-order valence-electron chi connectivity index (χ0n) is 14.8. The summed E-state index contributed by atoms with van der Waals surface area (Å²) in [7, 11) is -3.23. The number of carbonyl (C=O) groups is 2. The van der Waals surface area contributed by atoms with Crippen molar-refractivity contribution in [3.63, 3.8) is 0 Å². The average molecular weight is 367 g/mol. The number of piperidine rings is 1. The van der Waals surface area contributed by atoms with Gasteiger partial charge in [0, 0.05) is 37.8 Å². The molecule has 7 nitrogen and oxygen atoms in total. The van der Waals surface area contributed by atoms with Crippen LogP contribution < -0.4 is 10.0 Å². The molecule has 0 saturated carbocycles. The van der Waals surface area contributed by atoms with Gasteiger partial charge in [-0.1, -0.05) is 6.07 Å². The van der Waals surface area contributed by atoms with Gasteiger partial charge >= 0.3 is 0 Å². The van der Waals surface area contributed by atoms with E-state index in [1.165, 1.54) is 6.92 Å². The van der Waals surface area contributed by atoms with Gasteiger partial charge in [0.2, 0.25) is 15.9 Å². The third-order valence-corrected chi connectivity index (χ3v) is 4.93. The van der Waals surface area contributed by atoms with Crippen LogP contribution in [0, 0.1) is 12.8 Å². The second kappa shape index (κ2) is 7.97. The van der Waals surface area contributed by atoms with Crippen LogP contribution in [0.5, 0.6) is 0 Å². The molecule has 0 spiro atoms. The lowest BCUT2D eigenvalue weighted by molar-refractivity contribution is -0.114. The third kappa shape index (κ3) is 5.82. The minimum atomic E-state index is -3.23. The predicted octanol–water partition coefficient (Wildman–Crippen LogP) is 1.35. The van der Waals surface area contributed by atoms with E-state index in [2.05, 4.69) is 10.0 Å². The van der Waals surface area contributed by atoms with Crippen molar-refractivity contribution in [1.82, 2.24) is 9.62 Å². The van der Waals surface area contributed by atoms with E-state index in [0.717, 1.165) is 24.7 Å². The summed E-state index contributed by atoms with van der Waals surface area (Å²) in [5.41, 5.74) is 2.04. The fourth-order valence-corrected chi connectivity index (χ4v) is 3.49. The lowest BCUT2D eigenvalue weighted by Gasteiger charge is -2.33. The highest BCUT2D eigenvalue weighted by atomic mass is 32.2. The number of nitrogens with zero attached hydrogens (tertiary/aromatic N) is 1. The molecule has 1 atom stereocenters. The molecule has 0 bridgehead atoms. The van der Waals surface area contributed by atoms with Crippen LogP contribution >= 0.6 is 0 Å². The molecular weight excluding hydrogens is 342 g/mol. The summed E-state index contributed by atoms with van der Waals surface area (Å²) >= 11 is 0. The maximum absolute atomic E-state index is 12.8. The number of aryl methyl sites for hydroxylation is 1. The number of hydrogen-bond donors (Lipinski definition) is 2. The van der Waals surface area contributed by atoms with Gasteiger partial charge in [-0.3, -0.25) is 9.59 Å². The summed E-state index contributed by atoms with van der Waals surface area (Å²) in [4.78, 5) is 25.8. The number of anilines is 1. The Bertz CT molecular complexity index is 761. The molecule has 25 heavy (non-hydrogen) atoms. The molecule has 0 aromatic heterocycles. The topological polar surface area (TPSA) is 95.6 Å². The van der Waals surface area contributed by atoms with Gasteiger partial charge in [0.25, 0.3) is 5.91 Å². The Labute approximate surface area is 148 Å². The highest BCUT2D eigenvalue weighted by Gasteiger charge is 2.25. The maximum Gasteiger partial charge on any atom is 0.253 e. The van der Waals surface area contributed by atoms with E-state index in [9.17, 15) is 18.0 Å². The zero-order chi connectivity index (χ0) is 18.6. The van der Waals surface area contributed by atoms with Crippen LogP contribution in [0.3, 0.4) is 0 Å². The molecule has 2 amide bonds. The van der Waals surface area contributed by atoms with E-state index < -0.39 is 10.0 Å². The van der Waals surface area contributed by atoms with Gasteiger partial charge in [-0.25, -0.2) is 13.1 Å². The highest BCUT2D eigenvalue weighted by Crippen LogP contribution is 2.22. The molecule has 1 aliphatic rings. The standard InChI is InChI=1S/C17H25N3O4S/c1-12-6-7-15(9-16(12)19-13(2)21)17(22)20-8-4-5-14(11-20)10-18-25(3,23)24/h6-7,9,14,18H,4-5,8,10-11H2,1-3H3,(H,19,21)/t14-/m0/s1. The molecule has 2 N–H and O–H groups in total. The van der Waals surface area contributed by atoms with Gasteiger partial charge in [0.1, 0.15) is 0 Å². The highest BCUT2D eigenvalue weighted by molar-refractivity contribution is 7.88. The van der Waals surface area contributed by atoms with E-state index in [1.54, 1.807) is 17.0 Å². The van der Waals surface area contributed by atoms with Gasteiger partial charge in [0.05, 0.1) is 6.26 Å². The zero-order valence-corrected chi connectivity index (χ0v) is 15.6. The monoisotopic (exact) mass is 367 g/mol. The van der Waals surface area contributed by atoms with E-state index in [4.69, 9.17) is 0 Å². The van der Waals surface area contributed by atoms with Crippen molar-refractivity contribution in [3.05, 3.63) is 29.3 Å². The Hall–Kier alpha value is -1.93. The van der Waals surface area contributed by atoms with Crippen LogP contribution in [0.2, 0.25) is 0 Å². The third-order valence-electron chi connectivity index (χ3n) is 4.24. The number of likely N-dealkylation sites (tertiary alicyclic amines) is 1. The van der Waals surface area contributed by atoms with Crippen LogP contribution in [0.1, 0.15) is 35.7 Å². The molecule has 1 heterocycles. The summed E-state index contributed by atoms with van der Waals surface area (Å²) in [6.07, 6.45) is 2.86. The van der Waals surface area contributed by atoms with Crippen molar-refractivity contribution in [3.8, 4) is 0 Å². The summed E-state index contributed by atoms with van der Waals surface area (Å²) in [5, 5.41) is 2.73. The predicted molar refractivity (Wildman–Crippen MR) is 97.0 cm³/mol. The van der Waals surface area contributed by atoms with Crippen LogP contribution in [-0.4, -0.2) is 51.0 Å². The molecule has 1 aromatic carbocycles. The maximum atomic E-state index is 12.8. The number of rotatable bonds is 5. The minimum absolute atomic E-state index is 0.101. The molecule has 138 valence electrons. The van der Waals surface area contributed by atoms with Gasteiger partial charge in [-0.15, -0.1) is 0 Å². The van der Waals surface area contributed by atoms with Crippen LogP contribution in [-0.2, 0) is 14.8 Å². The molecule has 8 heteroatoms. The van der Waals surface area contributed by atoms with Gasteiger partial charge in [0.15, 0.2) is 0 Å². The first-order valence-electron chi connectivity index (χ1n) is 8.28. The van der Waals surface area contributed by atoms with Crippen molar-refractivity contribution in [1.29, 1.82) is 0 Å². The fourth-order valence-electron chi connectivity index (χ4n) is 2.95. The van der Waals surface area contributed by atoms with Gasteiger partial charge < -0.3 is 10.2 Å². The quantitative estimate of drug-likeness (QED) is 0.821.